The molecule has 2 N–H and O–H groups in total. The Kier molecular flexibility index (Phi) is 5.88. The maximum Gasteiger partial charge on any atom is 0.251 e. The van der Waals surface area contributed by atoms with E-state index in [4.69, 9.17) is 4.52 Å². The Morgan fingerprint density at radius 3 is 2.74 bits per heavy atom. The molecular formula is C19H19N5O3. The highest BCUT2D eigenvalue weighted by molar-refractivity contribution is 5.94. The number of nitrogens with zero attached hydrogens (tertiary/aromatic N) is 3. The molecule has 2 heterocycles. The van der Waals surface area contributed by atoms with Gasteiger partial charge in [0, 0.05) is 50.0 Å². The maximum absolute atomic E-state index is 12.1. The molecule has 0 saturated heterocycles. The molecule has 8 nitrogen and oxygen atoms in total. The number of hydrogen-bond donors (Lipinski definition) is 2. The zero-order valence-electron chi connectivity index (χ0n) is 14.8. The molecule has 138 valence electrons. The third-order valence-corrected chi connectivity index (χ3v) is 3.88. The predicted octanol–water partition coefficient (Wildman–Crippen LogP) is 1.74. The Labute approximate surface area is 156 Å². The summed E-state index contributed by atoms with van der Waals surface area (Å²) in [5.41, 5.74) is 2.21. The van der Waals surface area contributed by atoms with Gasteiger partial charge in [-0.05, 0) is 29.8 Å². The molecule has 0 atom stereocenters. The molecule has 0 radical (unpaired) electrons. The molecule has 0 fully saturated rings. The van der Waals surface area contributed by atoms with Gasteiger partial charge in [-0.15, -0.1) is 0 Å². The Balaban J connectivity index is 1.49. The lowest BCUT2D eigenvalue weighted by Gasteiger charge is -2.06. The summed E-state index contributed by atoms with van der Waals surface area (Å²) in [6.07, 6.45) is 3.88. The van der Waals surface area contributed by atoms with E-state index in [9.17, 15) is 9.59 Å². The smallest absolute Gasteiger partial charge is 0.251 e. The minimum absolute atomic E-state index is 0.135. The fraction of sp³-hybridized carbons (Fsp3) is 0.211. The average molecular weight is 365 g/mol. The summed E-state index contributed by atoms with van der Waals surface area (Å²) in [4.78, 5) is 31.9. The van der Waals surface area contributed by atoms with Crippen LogP contribution in [-0.2, 0) is 17.8 Å². The van der Waals surface area contributed by atoms with E-state index in [1.807, 2.05) is 6.07 Å². The lowest BCUT2D eigenvalue weighted by Crippen LogP contribution is -2.23. The van der Waals surface area contributed by atoms with Crippen molar-refractivity contribution in [3.05, 3.63) is 65.8 Å². The molecule has 3 rings (SSSR count). The number of hydrogen-bond acceptors (Lipinski definition) is 6. The number of rotatable bonds is 7. The number of amides is 2. The molecule has 1 aromatic carbocycles. The Hall–Kier alpha value is -3.55. The van der Waals surface area contributed by atoms with Gasteiger partial charge >= 0.3 is 0 Å². The lowest BCUT2D eigenvalue weighted by molar-refractivity contribution is -0.121. The van der Waals surface area contributed by atoms with E-state index in [0.717, 1.165) is 11.1 Å². The van der Waals surface area contributed by atoms with Crippen molar-refractivity contribution in [1.29, 1.82) is 0 Å². The second kappa shape index (κ2) is 8.70. The van der Waals surface area contributed by atoms with E-state index in [1.165, 1.54) is 0 Å². The Bertz CT molecular complexity index is 924. The fourth-order valence-electron chi connectivity index (χ4n) is 2.45. The van der Waals surface area contributed by atoms with Crippen LogP contribution in [0.3, 0.4) is 0 Å². The minimum Gasteiger partial charge on any atom is -0.355 e. The van der Waals surface area contributed by atoms with Gasteiger partial charge in [-0.1, -0.05) is 17.3 Å². The highest BCUT2D eigenvalue weighted by Crippen LogP contribution is 2.14. The van der Waals surface area contributed by atoms with Gasteiger partial charge in [0.2, 0.25) is 17.6 Å². The van der Waals surface area contributed by atoms with Gasteiger partial charge in [0.05, 0.1) is 0 Å². The molecular weight excluding hydrogens is 346 g/mol. The van der Waals surface area contributed by atoms with Crippen LogP contribution in [0.1, 0.15) is 28.2 Å². The second-order valence-electron chi connectivity index (χ2n) is 5.80. The van der Waals surface area contributed by atoms with Crippen LogP contribution in [0.5, 0.6) is 0 Å². The van der Waals surface area contributed by atoms with Crippen LogP contribution in [0.4, 0.5) is 0 Å². The molecule has 0 bridgehead atoms. The molecule has 0 aliphatic heterocycles. The number of nitrogens with one attached hydrogen (secondary N) is 2. The monoisotopic (exact) mass is 365 g/mol. The van der Waals surface area contributed by atoms with E-state index in [-0.39, 0.29) is 18.2 Å². The Morgan fingerprint density at radius 2 is 1.96 bits per heavy atom. The summed E-state index contributed by atoms with van der Waals surface area (Å²) >= 11 is 0. The van der Waals surface area contributed by atoms with Gasteiger partial charge in [-0.3, -0.25) is 14.6 Å². The molecule has 0 spiro atoms. The molecule has 2 amide bonds. The van der Waals surface area contributed by atoms with Crippen molar-refractivity contribution in [3.63, 3.8) is 0 Å². The molecule has 0 saturated carbocycles. The predicted molar refractivity (Wildman–Crippen MR) is 97.5 cm³/mol. The zero-order valence-corrected chi connectivity index (χ0v) is 14.8. The van der Waals surface area contributed by atoms with Crippen LogP contribution in [0.2, 0.25) is 0 Å². The molecule has 0 unspecified atom stereocenters. The quantitative estimate of drug-likeness (QED) is 0.660. The van der Waals surface area contributed by atoms with Gasteiger partial charge < -0.3 is 15.2 Å². The van der Waals surface area contributed by atoms with Crippen LogP contribution in [0, 0.1) is 0 Å². The number of carbonyl (C=O) groups excluding carboxylic acids is 2. The first kappa shape index (κ1) is 18.2. The zero-order chi connectivity index (χ0) is 19.1. The van der Waals surface area contributed by atoms with Crippen molar-refractivity contribution < 1.29 is 14.1 Å². The second-order valence-corrected chi connectivity index (χ2v) is 5.80. The lowest BCUT2D eigenvalue weighted by atomic mass is 10.1. The maximum atomic E-state index is 12.1. The first-order valence-corrected chi connectivity index (χ1v) is 8.46. The number of pyridine rings is 1. The molecule has 0 aliphatic rings. The van der Waals surface area contributed by atoms with Crippen molar-refractivity contribution in [1.82, 2.24) is 25.8 Å². The SMILES string of the molecule is CNC(=O)c1cccc(CNC(=O)CCc2nc(-c3ccncc3)no2)c1. The molecule has 0 aliphatic carbocycles. The van der Waals surface area contributed by atoms with E-state index < -0.39 is 0 Å². The van der Waals surface area contributed by atoms with E-state index in [1.54, 1.807) is 49.8 Å². The Morgan fingerprint density at radius 1 is 1.15 bits per heavy atom. The molecule has 27 heavy (non-hydrogen) atoms. The van der Waals surface area contributed by atoms with E-state index in [0.29, 0.717) is 30.2 Å². The summed E-state index contributed by atoms with van der Waals surface area (Å²) in [6.45, 7) is 0.343. The van der Waals surface area contributed by atoms with Gasteiger partial charge in [-0.25, -0.2) is 0 Å². The molecule has 2 aromatic heterocycles. The standard InChI is InChI=1S/C19H19N5O3/c1-20-19(26)15-4-2-3-13(11-15)12-22-16(25)5-6-17-23-18(24-27-17)14-7-9-21-10-8-14/h2-4,7-11H,5-6,12H2,1H3,(H,20,26)(H,22,25). The van der Waals surface area contributed by atoms with Crippen LogP contribution in [-0.4, -0.2) is 34.0 Å². The average Bonchev–Trinajstić information content (AvgIpc) is 3.20. The van der Waals surface area contributed by atoms with Gasteiger partial charge in [0.1, 0.15) is 0 Å². The van der Waals surface area contributed by atoms with Gasteiger partial charge in [0.15, 0.2) is 0 Å². The highest BCUT2D eigenvalue weighted by Gasteiger charge is 2.11. The van der Waals surface area contributed by atoms with Crippen LogP contribution in [0.15, 0.2) is 53.3 Å². The van der Waals surface area contributed by atoms with Gasteiger partial charge in [-0.2, -0.15) is 4.98 Å². The summed E-state index contributed by atoms with van der Waals surface area (Å²) in [6, 6.07) is 10.7. The third kappa shape index (κ3) is 4.97. The van der Waals surface area contributed by atoms with E-state index in [2.05, 4.69) is 25.8 Å². The summed E-state index contributed by atoms with van der Waals surface area (Å²) in [7, 11) is 1.58. The number of aromatic nitrogens is 3. The van der Waals surface area contributed by atoms with Crippen LogP contribution < -0.4 is 10.6 Å². The highest BCUT2D eigenvalue weighted by atomic mass is 16.5. The fourth-order valence-corrected chi connectivity index (χ4v) is 2.45. The minimum atomic E-state index is -0.162. The van der Waals surface area contributed by atoms with Crippen molar-refractivity contribution in [2.75, 3.05) is 7.05 Å². The van der Waals surface area contributed by atoms with Crippen LogP contribution in [0.25, 0.3) is 11.4 Å². The first-order valence-electron chi connectivity index (χ1n) is 8.46. The van der Waals surface area contributed by atoms with Crippen molar-refractivity contribution in [2.45, 2.75) is 19.4 Å². The van der Waals surface area contributed by atoms with Crippen molar-refractivity contribution in [2.24, 2.45) is 0 Å². The number of aryl methyl sites for hydroxylation is 1. The third-order valence-electron chi connectivity index (χ3n) is 3.88. The number of carbonyl (C=O) groups is 2. The van der Waals surface area contributed by atoms with Crippen LogP contribution >= 0.6 is 0 Å². The number of benzene rings is 1. The first-order chi connectivity index (χ1) is 13.2. The van der Waals surface area contributed by atoms with E-state index >= 15 is 0 Å². The molecule has 8 heteroatoms. The summed E-state index contributed by atoms with van der Waals surface area (Å²) in [5, 5.41) is 9.30. The summed E-state index contributed by atoms with van der Waals surface area (Å²) < 4.78 is 5.18. The van der Waals surface area contributed by atoms with Crippen molar-refractivity contribution >= 4 is 11.8 Å². The summed E-state index contributed by atoms with van der Waals surface area (Å²) in [5.74, 6) is 0.575. The topological polar surface area (TPSA) is 110 Å². The normalized spacial score (nSPS) is 10.4. The molecule has 3 aromatic rings. The largest absolute Gasteiger partial charge is 0.355 e. The van der Waals surface area contributed by atoms with Gasteiger partial charge in [0.25, 0.3) is 5.91 Å². The van der Waals surface area contributed by atoms with Crippen molar-refractivity contribution in [3.8, 4) is 11.4 Å².